The number of fused-ring (bicyclic) bond motifs is 1. The molecule has 1 aliphatic rings. The molecule has 0 fully saturated rings. The lowest BCUT2D eigenvalue weighted by atomic mass is 10.1. The molecule has 8 nitrogen and oxygen atoms in total. The fourth-order valence-corrected chi connectivity index (χ4v) is 2.21. The molecule has 0 atom stereocenters. The maximum atomic E-state index is 12.3. The summed E-state index contributed by atoms with van der Waals surface area (Å²) in [6.07, 6.45) is -0.646. The van der Waals surface area contributed by atoms with Gasteiger partial charge in [0.2, 0.25) is 0 Å². The summed E-state index contributed by atoms with van der Waals surface area (Å²) in [4.78, 5) is 47.9. The van der Waals surface area contributed by atoms with Gasteiger partial charge in [0.1, 0.15) is 5.60 Å². The number of aromatic carboxylic acids is 1. The number of carboxylic acid groups (broad SMARTS) is 1. The summed E-state index contributed by atoms with van der Waals surface area (Å²) in [5.74, 6) is -2.27. The van der Waals surface area contributed by atoms with Crippen molar-refractivity contribution in [3.8, 4) is 0 Å². The number of carbonyl (C=O) groups excluding carboxylic acids is 3. The molecule has 1 aliphatic heterocycles. The number of alkyl carbamates (subject to hydrolysis) is 1. The number of carboxylic acids is 1. The third-order valence-corrected chi connectivity index (χ3v) is 3.22. The number of carbonyl (C=O) groups is 4. The lowest BCUT2D eigenvalue weighted by molar-refractivity contribution is 0.0504. The van der Waals surface area contributed by atoms with E-state index in [0.29, 0.717) is 0 Å². The Balaban J connectivity index is 2.01. The first-order valence-corrected chi connectivity index (χ1v) is 7.30. The summed E-state index contributed by atoms with van der Waals surface area (Å²) in [6.45, 7) is 5.16. The largest absolute Gasteiger partial charge is 0.478 e. The predicted octanol–water partition coefficient (Wildman–Crippen LogP) is 1.51. The number of nitrogens with zero attached hydrogens (tertiary/aromatic N) is 1. The first kappa shape index (κ1) is 17.5. The number of benzene rings is 1. The van der Waals surface area contributed by atoms with Crippen LogP contribution in [-0.2, 0) is 4.74 Å². The van der Waals surface area contributed by atoms with Crippen LogP contribution in [0.25, 0.3) is 0 Å². The minimum atomic E-state index is -1.18. The number of hydrogen-bond donors (Lipinski definition) is 2. The quantitative estimate of drug-likeness (QED) is 0.807. The van der Waals surface area contributed by atoms with Crippen LogP contribution in [0.1, 0.15) is 51.8 Å². The Kier molecular flexibility index (Phi) is 4.59. The van der Waals surface area contributed by atoms with Gasteiger partial charge in [0.05, 0.1) is 16.7 Å². The van der Waals surface area contributed by atoms with Crippen molar-refractivity contribution < 1.29 is 29.0 Å². The van der Waals surface area contributed by atoms with Gasteiger partial charge < -0.3 is 15.2 Å². The van der Waals surface area contributed by atoms with Gasteiger partial charge in [-0.2, -0.15) is 0 Å². The van der Waals surface area contributed by atoms with Crippen molar-refractivity contribution in [3.05, 3.63) is 34.9 Å². The van der Waals surface area contributed by atoms with Crippen molar-refractivity contribution in [2.24, 2.45) is 0 Å². The van der Waals surface area contributed by atoms with Gasteiger partial charge in [-0.1, -0.05) is 0 Å². The summed E-state index contributed by atoms with van der Waals surface area (Å²) in [7, 11) is 0. The van der Waals surface area contributed by atoms with Crippen LogP contribution in [-0.4, -0.2) is 52.6 Å². The number of ether oxygens (including phenoxy) is 1. The molecule has 2 N–H and O–H groups in total. The highest BCUT2D eigenvalue weighted by Crippen LogP contribution is 2.23. The molecule has 0 aliphatic carbocycles. The number of imide groups is 1. The van der Waals surface area contributed by atoms with E-state index in [1.807, 2.05) is 0 Å². The van der Waals surface area contributed by atoms with Gasteiger partial charge in [0.15, 0.2) is 0 Å². The lowest BCUT2D eigenvalue weighted by Gasteiger charge is -2.20. The van der Waals surface area contributed by atoms with Crippen molar-refractivity contribution in [2.45, 2.75) is 26.4 Å². The fourth-order valence-electron chi connectivity index (χ4n) is 2.21. The smallest absolute Gasteiger partial charge is 0.407 e. The molecule has 128 valence electrons. The number of nitrogens with one attached hydrogen (secondary N) is 1. The van der Waals surface area contributed by atoms with Crippen LogP contribution in [0.4, 0.5) is 4.79 Å². The first-order valence-electron chi connectivity index (χ1n) is 7.30. The molecule has 0 saturated carbocycles. The SMILES string of the molecule is CC(C)(C)OC(=O)NCCN1C(=O)c2ccc(C(=O)O)cc2C1=O. The van der Waals surface area contributed by atoms with Gasteiger partial charge in [0.25, 0.3) is 11.8 Å². The van der Waals surface area contributed by atoms with Crippen molar-refractivity contribution in [3.63, 3.8) is 0 Å². The molecule has 24 heavy (non-hydrogen) atoms. The molecule has 1 heterocycles. The van der Waals surface area contributed by atoms with Crippen LogP contribution in [0.5, 0.6) is 0 Å². The zero-order valence-electron chi connectivity index (χ0n) is 13.6. The van der Waals surface area contributed by atoms with Crippen molar-refractivity contribution in [1.29, 1.82) is 0 Å². The number of hydrogen-bond acceptors (Lipinski definition) is 5. The Morgan fingerprint density at radius 1 is 1.17 bits per heavy atom. The minimum Gasteiger partial charge on any atom is -0.478 e. The molecular formula is C16H18N2O6. The normalized spacial score (nSPS) is 13.7. The van der Waals surface area contributed by atoms with Gasteiger partial charge in [-0.05, 0) is 39.0 Å². The molecule has 0 aromatic heterocycles. The third kappa shape index (κ3) is 3.70. The maximum Gasteiger partial charge on any atom is 0.407 e. The monoisotopic (exact) mass is 334 g/mol. The predicted molar refractivity (Wildman–Crippen MR) is 83.0 cm³/mol. The molecule has 8 heteroatoms. The second-order valence-electron chi connectivity index (χ2n) is 6.26. The second kappa shape index (κ2) is 6.31. The number of rotatable bonds is 4. The number of amides is 3. The van der Waals surface area contributed by atoms with E-state index in [1.54, 1.807) is 20.8 Å². The zero-order chi connectivity index (χ0) is 18.1. The summed E-state index contributed by atoms with van der Waals surface area (Å²) in [6, 6.07) is 3.77. The van der Waals surface area contributed by atoms with Gasteiger partial charge in [-0.3, -0.25) is 14.5 Å². The molecule has 0 saturated heterocycles. The van der Waals surface area contributed by atoms with E-state index in [2.05, 4.69) is 5.32 Å². The van der Waals surface area contributed by atoms with E-state index in [1.165, 1.54) is 18.2 Å². The van der Waals surface area contributed by atoms with Gasteiger partial charge in [-0.25, -0.2) is 9.59 Å². The molecule has 1 aromatic carbocycles. The van der Waals surface area contributed by atoms with Gasteiger partial charge in [-0.15, -0.1) is 0 Å². The van der Waals surface area contributed by atoms with Crippen LogP contribution in [0, 0.1) is 0 Å². The summed E-state index contributed by atoms with van der Waals surface area (Å²) < 4.78 is 5.06. The Hall–Kier alpha value is -2.90. The average Bonchev–Trinajstić information content (AvgIpc) is 2.70. The van der Waals surface area contributed by atoms with Crippen molar-refractivity contribution >= 4 is 23.9 Å². The topological polar surface area (TPSA) is 113 Å². The second-order valence-corrected chi connectivity index (χ2v) is 6.26. The maximum absolute atomic E-state index is 12.3. The Morgan fingerprint density at radius 2 is 1.79 bits per heavy atom. The van der Waals surface area contributed by atoms with E-state index in [9.17, 15) is 19.2 Å². The standard InChI is InChI=1S/C16H18N2O6/c1-16(2,3)24-15(23)17-6-7-18-12(19)10-5-4-9(14(21)22)8-11(10)13(18)20/h4-5,8H,6-7H2,1-3H3,(H,17,23)(H,21,22). The first-order chi connectivity index (χ1) is 11.1. The van der Waals surface area contributed by atoms with E-state index < -0.39 is 29.5 Å². The molecule has 1 aromatic rings. The molecule has 0 spiro atoms. The van der Waals surface area contributed by atoms with Crippen LogP contribution in [0.2, 0.25) is 0 Å². The van der Waals surface area contributed by atoms with Crippen LogP contribution in [0.15, 0.2) is 18.2 Å². The van der Waals surface area contributed by atoms with Crippen LogP contribution in [0.3, 0.4) is 0 Å². The average molecular weight is 334 g/mol. The molecule has 0 bridgehead atoms. The Morgan fingerprint density at radius 3 is 2.38 bits per heavy atom. The summed E-state index contributed by atoms with van der Waals surface area (Å²) >= 11 is 0. The lowest BCUT2D eigenvalue weighted by Crippen LogP contribution is -2.40. The van der Waals surface area contributed by atoms with Crippen LogP contribution < -0.4 is 5.32 Å². The highest BCUT2D eigenvalue weighted by atomic mass is 16.6. The van der Waals surface area contributed by atoms with Crippen molar-refractivity contribution in [1.82, 2.24) is 10.2 Å². The zero-order valence-corrected chi connectivity index (χ0v) is 13.6. The van der Waals surface area contributed by atoms with Crippen molar-refractivity contribution in [2.75, 3.05) is 13.1 Å². The van der Waals surface area contributed by atoms with E-state index in [0.717, 1.165) is 4.90 Å². The highest BCUT2D eigenvalue weighted by Gasteiger charge is 2.35. The molecular weight excluding hydrogens is 316 g/mol. The van der Waals surface area contributed by atoms with E-state index in [4.69, 9.17) is 9.84 Å². The Bertz CT molecular complexity index is 720. The van der Waals surface area contributed by atoms with Gasteiger partial charge in [0, 0.05) is 13.1 Å². The van der Waals surface area contributed by atoms with E-state index >= 15 is 0 Å². The molecule has 0 unspecified atom stereocenters. The molecule has 3 amide bonds. The van der Waals surface area contributed by atoms with Gasteiger partial charge >= 0.3 is 12.1 Å². The summed E-state index contributed by atoms with van der Waals surface area (Å²) in [5, 5.41) is 11.4. The van der Waals surface area contributed by atoms with Crippen LogP contribution >= 0.6 is 0 Å². The third-order valence-electron chi connectivity index (χ3n) is 3.22. The molecule has 0 radical (unpaired) electrons. The highest BCUT2D eigenvalue weighted by molar-refractivity contribution is 6.21. The minimum absolute atomic E-state index is 0.0337. The van der Waals surface area contributed by atoms with E-state index in [-0.39, 0.29) is 29.8 Å². The molecule has 2 rings (SSSR count). The summed E-state index contributed by atoms with van der Waals surface area (Å²) in [5.41, 5.74) is -0.504. The Labute approximate surface area is 138 Å². The fraction of sp³-hybridized carbons (Fsp3) is 0.375.